The van der Waals surface area contributed by atoms with E-state index >= 15 is 0 Å². The van der Waals surface area contributed by atoms with Crippen LogP contribution in [-0.2, 0) is 0 Å². The Labute approximate surface area is 87.6 Å². The summed E-state index contributed by atoms with van der Waals surface area (Å²) < 4.78 is 13.1. The van der Waals surface area contributed by atoms with Crippen LogP contribution in [0.2, 0.25) is 0 Å². The molecule has 0 bridgehead atoms. The molecule has 0 saturated carbocycles. The first kappa shape index (κ1) is 9.65. The SMILES string of the molecule is Cc1ccc(F)cc1-c1ccnc(N)c1. The Morgan fingerprint density at radius 2 is 2.00 bits per heavy atom. The first-order valence-electron chi connectivity index (χ1n) is 4.65. The van der Waals surface area contributed by atoms with Crippen molar-refractivity contribution in [2.24, 2.45) is 0 Å². The molecular formula is C12H11FN2. The molecule has 2 rings (SSSR count). The first-order chi connectivity index (χ1) is 7.16. The molecule has 0 aliphatic heterocycles. The maximum absolute atomic E-state index is 13.1. The molecule has 0 amide bonds. The fourth-order valence-corrected chi connectivity index (χ4v) is 1.52. The fraction of sp³-hybridized carbons (Fsp3) is 0.0833. The van der Waals surface area contributed by atoms with Crippen LogP contribution in [0.3, 0.4) is 0 Å². The highest BCUT2D eigenvalue weighted by atomic mass is 19.1. The molecule has 1 aromatic carbocycles. The summed E-state index contributed by atoms with van der Waals surface area (Å²) in [5.41, 5.74) is 8.33. The van der Waals surface area contributed by atoms with Crippen molar-refractivity contribution in [3.63, 3.8) is 0 Å². The van der Waals surface area contributed by atoms with Crippen molar-refractivity contribution in [3.8, 4) is 11.1 Å². The van der Waals surface area contributed by atoms with Gasteiger partial charge in [-0.1, -0.05) is 6.07 Å². The lowest BCUT2D eigenvalue weighted by Crippen LogP contribution is -1.91. The molecule has 0 unspecified atom stereocenters. The number of nitrogens with two attached hydrogens (primary N) is 1. The standard InChI is InChI=1S/C12H11FN2/c1-8-2-3-10(13)7-11(8)9-4-5-15-12(14)6-9/h2-7H,1H3,(H2,14,15). The number of anilines is 1. The molecule has 0 saturated heterocycles. The molecule has 15 heavy (non-hydrogen) atoms. The molecular weight excluding hydrogens is 191 g/mol. The number of nitrogens with zero attached hydrogens (tertiary/aromatic N) is 1. The van der Waals surface area contributed by atoms with Crippen molar-refractivity contribution in [1.29, 1.82) is 0 Å². The van der Waals surface area contributed by atoms with Gasteiger partial charge in [0.25, 0.3) is 0 Å². The molecule has 2 N–H and O–H groups in total. The van der Waals surface area contributed by atoms with Gasteiger partial charge in [-0.15, -0.1) is 0 Å². The molecule has 0 atom stereocenters. The molecule has 0 aliphatic rings. The number of nitrogen functional groups attached to an aromatic ring is 1. The Hall–Kier alpha value is -1.90. The van der Waals surface area contributed by atoms with Gasteiger partial charge >= 0.3 is 0 Å². The number of halogens is 1. The molecule has 2 aromatic rings. The average molecular weight is 202 g/mol. The molecule has 0 aliphatic carbocycles. The van der Waals surface area contributed by atoms with E-state index in [1.54, 1.807) is 18.3 Å². The van der Waals surface area contributed by atoms with Crippen molar-refractivity contribution in [2.45, 2.75) is 6.92 Å². The predicted octanol–water partition coefficient (Wildman–Crippen LogP) is 2.78. The van der Waals surface area contributed by atoms with Gasteiger partial charge in [0.05, 0.1) is 0 Å². The second-order valence-electron chi connectivity index (χ2n) is 3.43. The quantitative estimate of drug-likeness (QED) is 0.772. The summed E-state index contributed by atoms with van der Waals surface area (Å²) >= 11 is 0. The third-order valence-electron chi connectivity index (χ3n) is 2.29. The fourth-order valence-electron chi connectivity index (χ4n) is 1.52. The van der Waals surface area contributed by atoms with Crippen LogP contribution < -0.4 is 5.73 Å². The van der Waals surface area contributed by atoms with E-state index < -0.39 is 0 Å². The van der Waals surface area contributed by atoms with Crippen LogP contribution in [0.15, 0.2) is 36.5 Å². The number of aromatic nitrogens is 1. The number of hydrogen-bond donors (Lipinski definition) is 1. The van der Waals surface area contributed by atoms with Crippen LogP contribution in [0.4, 0.5) is 10.2 Å². The number of aryl methyl sites for hydroxylation is 1. The van der Waals surface area contributed by atoms with E-state index in [1.165, 1.54) is 12.1 Å². The van der Waals surface area contributed by atoms with Crippen molar-refractivity contribution in [3.05, 3.63) is 47.9 Å². The summed E-state index contributed by atoms with van der Waals surface area (Å²) in [7, 11) is 0. The number of benzene rings is 1. The third kappa shape index (κ3) is 1.96. The molecule has 2 nitrogen and oxygen atoms in total. The maximum Gasteiger partial charge on any atom is 0.123 e. The van der Waals surface area contributed by atoms with Crippen molar-refractivity contribution in [2.75, 3.05) is 5.73 Å². The zero-order chi connectivity index (χ0) is 10.8. The average Bonchev–Trinajstić information content (AvgIpc) is 2.22. The van der Waals surface area contributed by atoms with Gasteiger partial charge in [0.2, 0.25) is 0 Å². The highest BCUT2D eigenvalue weighted by Crippen LogP contribution is 2.24. The lowest BCUT2D eigenvalue weighted by Gasteiger charge is -2.06. The number of hydrogen-bond acceptors (Lipinski definition) is 2. The van der Waals surface area contributed by atoms with Gasteiger partial charge in [0.15, 0.2) is 0 Å². The monoisotopic (exact) mass is 202 g/mol. The minimum absolute atomic E-state index is 0.244. The highest BCUT2D eigenvalue weighted by molar-refractivity contribution is 5.68. The molecule has 0 fully saturated rings. The van der Waals surface area contributed by atoms with Crippen molar-refractivity contribution >= 4 is 5.82 Å². The second kappa shape index (κ2) is 3.69. The zero-order valence-electron chi connectivity index (χ0n) is 8.37. The van der Waals surface area contributed by atoms with Crippen molar-refractivity contribution in [1.82, 2.24) is 4.98 Å². The van der Waals surface area contributed by atoms with E-state index in [2.05, 4.69) is 4.98 Å². The minimum atomic E-state index is -0.244. The number of pyridine rings is 1. The minimum Gasteiger partial charge on any atom is -0.384 e. The molecule has 76 valence electrons. The molecule has 1 aromatic heterocycles. The summed E-state index contributed by atoms with van der Waals surface area (Å²) in [6.07, 6.45) is 1.62. The van der Waals surface area contributed by atoms with Gasteiger partial charge in [0, 0.05) is 6.20 Å². The molecule has 3 heteroatoms. The van der Waals surface area contributed by atoms with Crippen LogP contribution >= 0.6 is 0 Å². The zero-order valence-corrected chi connectivity index (χ0v) is 8.37. The van der Waals surface area contributed by atoms with Crippen LogP contribution in [0, 0.1) is 12.7 Å². The Balaban J connectivity index is 2.58. The maximum atomic E-state index is 13.1. The lowest BCUT2D eigenvalue weighted by molar-refractivity contribution is 0.628. The van der Waals surface area contributed by atoms with Gasteiger partial charge in [-0.2, -0.15) is 0 Å². The van der Waals surface area contributed by atoms with E-state index in [0.717, 1.165) is 16.7 Å². The van der Waals surface area contributed by atoms with Crippen LogP contribution in [-0.4, -0.2) is 4.98 Å². The number of rotatable bonds is 1. The van der Waals surface area contributed by atoms with Gasteiger partial charge in [0.1, 0.15) is 11.6 Å². The van der Waals surface area contributed by atoms with E-state index in [-0.39, 0.29) is 5.82 Å². The first-order valence-corrected chi connectivity index (χ1v) is 4.65. The lowest BCUT2D eigenvalue weighted by atomic mass is 10.0. The summed E-state index contributed by atoms with van der Waals surface area (Å²) in [6, 6.07) is 8.26. The Morgan fingerprint density at radius 3 is 2.73 bits per heavy atom. The van der Waals surface area contributed by atoms with E-state index in [0.29, 0.717) is 5.82 Å². The summed E-state index contributed by atoms with van der Waals surface area (Å²) in [5, 5.41) is 0. The summed E-state index contributed by atoms with van der Waals surface area (Å²) in [4.78, 5) is 3.90. The Morgan fingerprint density at radius 1 is 1.20 bits per heavy atom. The Bertz CT molecular complexity index is 495. The van der Waals surface area contributed by atoms with E-state index in [4.69, 9.17) is 5.73 Å². The smallest absolute Gasteiger partial charge is 0.123 e. The molecule has 0 spiro atoms. The van der Waals surface area contributed by atoms with Gasteiger partial charge in [-0.25, -0.2) is 9.37 Å². The molecule has 0 radical (unpaired) electrons. The molecule has 1 heterocycles. The third-order valence-corrected chi connectivity index (χ3v) is 2.29. The van der Waals surface area contributed by atoms with E-state index in [1.807, 2.05) is 13.0 Å². The summed E-state index contributed by atoms with van der Waals surface area (Å²) in [5.74, 6) is 0.196. The van der Waals surface area contributed by atoms with Gasteiger partial charge in [-0.05, 0) is 47.9 Å². The normalized spacial score (nSPS) is 10.3. The second-order valence-corrected chi connectivity index (χ2v) is 3.43. The summed E-state index contributed by atoms with van der Waals surface area (Å²) in [6.45, 7) is 1.94. The predicted molar refractivity (Wildman–Crippen MR) is 58.8 cm³/mol. The Kier molecular flexibility index (Phi) is 2.37. The van der Waals surface area contributed by atoms with Gasteiger partial charge in [-0.3, -0.25) is 0 Å². The van der Waals surface area contributed by atoms with Crippen LogP contribution in [0.25, 0.3) is 11.1 Å². The largest absolute Gasteiger partial charge is 0.384 e. The highest BCUT2D eigenvalue weighted by Gasteiger charge is 2.03. The van der Waals surface area contributed by atoms with Gasteiger partial charge < -0.3 is 5.73 Å². The van der Waals surface area contributed by atoms with Crippen LogP contribution in [0.5, 0.6) is 0 Å². The van der Waals surface area contributed by atoms with Crippen LogP contribution in [0.1, 0.15) is 5.56 Å². The topological polar surface area (TPSA) is 38.9 Å². The van der Waals surface area contributed by atoms with Crippen molar-refractivity contribution < 1.29 is 4.39 Å². The van der Waals surface area contributed by atoms with E-state index in [9.17, 15) is 4.39 Å².